The van der Waals surface area contributed by atoms with Crippen LogP contribution in [-0.4, -0.2) is 23.9 Å². The quantitative estimate of drug-likeness (QED) is 0.562. The second-order valence-corrected chi connectivity index (χ2v) is 4.81. The Labute approximate surface area is 122 Å². The molecule has 0 atom stereocenters. The Morgan fingerprint density at radius 1 is 0.909 bits per heavy atom. The molecule has 0 fully saturated rings. The molecule has 0 aromatic heterocycles. The Hall–Kier alpha value is -1.99. The maximum Gasteiger partial charge on any atom is 0.416 e. The number of amides is 1. The molecule has 8 heteroatoms. The minimum absolute atomic E-state index is 0.00683. The molecule has 2 rings (SSSR count). The van der Waals surface area contributed by atoms with Gasteiger partial charge in [0.2, 0.25) is 0 Å². The van der Waals surface area contributed by atoms with Gasteiger partial charge < -0.3 is 4.90 Å². The third kappa shape index (κ3) is 3.61. The Bertz CT molecular complexity index is 570. The predicted octanol–water partition coefficient (Wildman–Crippen LogP) is 4.13. The molecule has 1 aromatic rings. The SMILES string of the molecule is O=C(c1cc(C(F)(F)F)cc(C(F)(F)F)c1)N1CC=CCC1. The zero-order valence-corrected chi connectivity index (χ0v) is 11.1. The summed E-state index contributed by atoms with van der Waals surface area (Å²) in [6.45, 7) is 0.420. The lowest BCUT2D eigenvalue weighted by Gasteiger charge is -2.24. The topological polar surface area (TPSA) is 20.3 Å². The van der Waals surface area contributed by atoms with Gasteiger partial charge in [-0.2, -0.15) is 26.3 Å². The highest BCUT2D eigenvalue weighted by Gasteiger charge is 2.37. The van der Waals surface area contributed by atoms with Crippen LogP contribution in [0.1, 0.15) is 27.9 Å². The van der Waals surface area contributed by atoms with Gasteiger partial charge in [0.1, 0.15) is 0 Å². The average molecular weight is 323 g/mol. The van der Waals surface area contributed by atoms with Crippen molar-refractivity contribution in [2.45, 2.75) is 18.8 Å². The first kappa shape index (κ1) is 16.4. The number of hydrogen-bond donors (Lipinski definition) is 0. The lowest BCUT2D eigenvalue weighted by atomic mass is 10.0. The van der Waals surface area contributed by atoms with Gasteiger partial charge in [-0.25, -0.2) is 0 Å². The summed E-state index contributed by atoms with van der Waals surface area (Å²) >= 11 is 0. The maximum atomic E-state index is 12.7. The van der Waals surface area contributed by atoms with E-state index >= 15 is 0 Å². The summed E-state index contributed by atoms with van der Waals surface area (Å²) in [5.74, 6) is -0.846. The highest BCUT2D eigenvalue weighted by atomic mass is 19.4. The number of hydrogen-bond acceptors (Lipinski definition) is 1. The molecular weight excluding hydrogens is 312 g/mol. The second kappa shape index (κ2) is 5.66. The van der Waals surface area contributed by atoms with Crippen molar-refractivity contribution in [3.05, 3.63) is 47.0 Å². The maximum absolute atomic E-state index is 12.7. The van der Waals surface area contributed by atoms with Gasteiger partial charge in [0.25, 0.3) is 5.91 Å². The van der Waals surface area contributed by atoms with Crippen LogP contribution in [0.5, 0.6) is 0 Å². The number of alkyl halides is 6. The number of carbonyl (C=O) groups excluding carboxylic acids is 1. The molecule has 22 heavy (non-hydrogen) atoms. The largest absolute Gasteiger partial charge is 0.416 e. The van der Waals surface area contributed by atoms with Crippen LogP contribution in [0.15, 0.2) is 30.4 Å². The summed E-state index contributed by atoms with van der Waals surface area (Å²) in [5.41, 5.74) is -3.59. The normalized spacial score (nSPS) is 16.0. The van der Waals surface area contributed by atoms with Crippen LogP contribution >= 0.6 is 0 Å². The molecule has 1 aliphatic rings. The van der Waals surface area contributed by atoms with E-state index in [0.29, 0.717) is 18.6 Å². The van der Waals surface area contributed by atoms with Gasteiger partial charge in [-0.15, -0.1) is 0 Å². The van der Waals surface area contributed by atoms with Gasteiger partial charge in [-0.05, 0) is 24.6 Å². The van der Waals surface area contributed by atoms with Crippen LogP contribution in [-0.2, 0) is 12.4 Å². The van der Waals surface area contributed by atoms with E-state index in [9.17, 15) is 31.1 Å². The summed E-state index contributed by atoms with van der Waals surface area (Å²) in [7, 11) is 0. The first-order valence-corrected chi connectivity index (χ1v) is 6.33. The van der Waals surface area contributed by atoms with Gasteiger partial charge in [-0.1, -0.05) is 12.2 Å². The molecule has 0 radical (unpaired) electrons. The van der Waals surface area contributed by atoms with Crippen molar-refractivity contribution in [2.24, 2.45) is 0 Å². The van der Waals surface area contributed by atoms with E-state index in [-0.39, 0.29) is 19.2 Å². The minimum atomic E-state index is -4.96. The molecular formula is C14H11F6NO. The lowest BCUT2D eigenvalue weighted by Crippen LogP contribution is -2.34. The molecule has 0 spiro atoms. The van der Waals surface area contributed by atoms with Crippen LogP contribution < -0.4 is 0 Å². The van der Waals surface area contributed by atoms with Crippen molar-refractivity contribution in [1.29, 1.82) is 0 Å². The van der Waals surface area contributed by atoms with Crippen molar-refractivity contribution >= 4 is 5.91 Å². The third-order valence-corrected chi connectivity index (χ3v) is 3.18. The van der Waals surface area contributed by atoms with Crippen LogP contribution in [0.25, 0.3) is 0 Å². The van der Waals surface area contributed by atoms with E-state index in [4.69, 9.17) is 0 Å². The number of benzene rings is 1. The molecule has 1 aromatic carbocycles. The molecule has 1 heterocycles. The van der Waals surface area contributed by atoms with Crippen molar-refractivity contribution in [1.82, 2.24) is 4.90 Å². The molecule has 1 amide bonds. The first-order valence-electron chi connectivity index (χ1n) is 6.33. The monoisotopic (exact) mass is 323 g/mol. The van der Waals surface area contributed by atoms with Crippen molar-refractivity contribution in [3.8, 4) is 0 Å². The van der Waals surface area contributed by atoms with E-state index in [0.717, 1.165) is 0 Å². The summed E-state index contributed by atoms with van der Waals surface area (Å²) in [6, 6.07) is 0.915. The van der Waals surface area contributed by atoms with E-state index < -0.39 is 35.0 Å². The zero-order chi connectivity index (χ0) is 16.5. The molecule has 0 unspecified atom stereocenters. The Kier molecular flexibility index (Phi) is 4.21. The van der Waals surface area contributed by atoms with Crippen LogP contribution in [0.4, 0.5) is 26.3 Å². The third-order valence-electron chi connectivity index (χ3n) is 3.18. The highest BCUT2D eigenvalue weighted by molar-refractivity contribution is 5.95. The van der Waals surface area contributed by atoms with Crippen molar-refractivity contribution in [3.63, 3.8) is 0 Å². The van der Waals surface area contributed by atoms with Gasteiger partial charge in [0, 0.05) is 18.7 Å². The molecule has 0 N–H and O–H groups in total. The fourth-order valence-corrected chi connectivity index (χ4v) is 2.09. The second-order valence-electron chi connectivity index (χ2n) is 4.81. The van der Waals surface area contributed by atoms with Gasteiger partial charge in [0.15, 0.2) is 0 Å². The molecule has 120 valence electrons. The van der Waals surface area contributed by atoms with Gasteiger partial charge in [-0.3, -0.25) is 4.79 Å². The van der Waals surface area contributed by atoms with Crippen molar-refractivity contribution in [2.75, 3.05) is 13.1 Å². The average Bonchev–Trinajstić information content (AvgIpc) is 2.45. The number of nitrogens with zero attached hydrogens (tertiary/aromatic N) is 1. The Morgan fingerprint density at radius 3 is 1.86 bits per heavy atom. The zero-order valence-electron chi connectivity index (χ0n) is 11.1. The van der Waals surface area contributed by atoms with Gasteiger partial charge in [0.05, 0.1) is 11.1 Å². The van der Waals surface area contributed by atoms with E-state index in [1.54, 1.807) is 12.2 Å². The molecule has 0 aliphatic carbocycles. The molecule has 0 saturated heterocycles. The fraction of sp³-hybridized carbons (Fsp3) is 0.357. The summed E-state index contributed by atoms with van der Waals surface area (Å²) in [6.07, 6.45) is -5.98. The Morgan fingerprint density at radius 2 is 1.45 bits per heavy atom. The fourth-order valence-electron chi connectivity index (χ4n) is 2.09. The molecule has 1 aliphatic heterocycles. The smallest absolute Gasteiger partial charge is 0.335 e. The molecule has 2 nitrogen and oxygen atoms in total. The van der Waals surface area contributed by atoms with Crippen LogP contribution in [0, 0.1) is 0 Å². The van der Waals surface area contributed by atoms with Crippen LogP contribution in [0.2, 0.25) is 0 Å². The number of carbonyl (C=O) groups is 1. The molecule has 0 bridgehead atoms. The van der Waals surface area contributed by atoms with E-state index in [1.807, 2.05) is 0 Å². The number of rotatable bonds is 1. The molecule has 0 saturated carbocycles. The Balaban J connectivity index is 2.46. The first-order chi connectivity index (χ1) is 10.1. The van der Waals surface area contributed by atoms with Crippen molar-refractivity contribution < 1.29 is 31.1 Å². The van der Waals surface area contributed by atoms with Crippen LogP contribution in [0.3, 0.4) is 0 Å². The lowest BCUT2D eigenvalue weighted by molar-refractivity contribution is -0.143. The summed E-state index contributed by atoms with van der Waals surface area (Å²) < 4.78 is 76.4. The summed E-state index contributed by atoms with van der Waals surface area (Å²) in [5, 5.41) is 0. The number of halogens is 6. The van der Waals surface area contributed by atoms with E-state index in [1.165, 1.54) is 4.90 Å². The standard InChI is InChI=1S/C14H11F6NO/c15-13(16,17)10-6-9(7-11(8-10)14(18,19)20)12(22)21-4-2-1-3-5-21/h1-2,6-8H,3-5H2. The summed E-state index contributed by atoms with van der Waals surface area (Å²) in [4.78, 5) is 13.3. The van der Waals surface area contributed by atoms with E-state index in [2.05, 4.69) is 0 Å². The van der Waals surface area contributed by atoms with Gasteiger partial charge >= 0.3 is 12.4 Å². The predicted molar refractivity (Wildman–Crippen MR) is 66.1 cm³/mol. The minimum Gasteiger partial charge on any atom is -0.335 e. The highest BCUT2D eigenvalue weighted by Crippen LogP contribution is 2.36.